The lowest BCUT2D eigenvalue weighted by atomic mass is 10.2. The average molecular weight is 249 g/mol. The molecular weight excluding hydrogens is 238 g/mol. The van der Waals surface area contributed by atoms with Crippen LogP contribution in [0.3, 0.4) is 0 Å². The molecule has 0 bridgehead atoms. The van der Waals surface area contributed by atoms with Crippen LogP contribution >= 0.6 is 0 Å². The van der Waals surface area contributed by atoms with Gasteiger partial charge in [0.05, 0.1) is 5.52 Å². The van der Waals surface area contributed by atoms with Crippen LogP contribution in [-0.4, -0.2) is 14.7 Å². The Bertz CT molecular complexity index is 873. The molecule has 0 saturated carbocycles. The summed E-state index contributed by atoms with van der Waals surface area (Å²) in [5.41, 5.74) is 4.01. The molecule has 0 aliphatic heterocycles. The maximum atomic E-state index is 4.49. The number of hydrogen-bond acceptors (Lipinski definition) is 2. The van der Waals surface area contributed by atoms with Gasteiger partial charge >= 0.3 is 0 Å². The van der Waals surface area contributed by atoms with E-state index in [-0.39, 0.29) is 0 Å². The molecule has 4 aromatic rings. The van der Waals surface area contributed by atoms with Crippen LogP contribution in [0.2, 0.25) is 0 Å². The molecule has 0 spiro atoms. The maximum Gasteiger partial charge on any atom is 0.266 e. The quantitative estimate of drug-likeness (QED) is 0.479. The molecule has 0 N–H and O–H groups in total. The topological polar surface area (TPSA) is 48.2 Å². The summed E-state index contributed by atoms with van der Waals surface area (Å²) < 4.78 is 1.77. The number of aryl methyl sites for hydroxylation is 1. The summed E-state index contributed by atoms with van der Waals surface area (Å²) in [6.07, 6.45) is 0. The molecule has 19 heavy (non-hydrogen) atoms. The summed E-state index contributed by atoms with van der Waals surface area (Å²) in [7, 11) is 0. The Balaban J connectivity index is 1.98. The fourth-order valence-electron chi connectivity index (χ4n) is 2.18. The van der Waals surface area contributed by atoms with Gasteiger partial charge in [0, 0.05) is 5.21 Å². The van der Waals surface area contributed by atoms with Crippen LogP contribution in [0, 0.1) is 6.92 Å². The van der Waals surface area contributed by atoms with Gasteiger partial charge in [-0.15, -0.1) is 9.61 Å². The van der Waals surface area contributed by atoms with Crippen molar-refractivity contribution < 1.29 is 4.80 Å². The summed E-state index contributed by atoms with van der Waals surface area (Å²) >= 11 is 0. The summed E-state index contributed by atoms with van der Waals surface area (Å²) in [6.45, 7) is 2.05. The highest BCUT2D eigenvalue weighted by atomic mass is 15.6. The van der Waals surface area contributed by atoms with E-state index in [1.54, 1.807) is 9.31 Å². The van der Waals surface area contributed by atoms with E-state index in [9.17, 15) is 0 Å². The molecule has 5 nitrogen and oxygen atoms in total. The van der Waals surface area contributed by atoms with Gasteiger partial charge in [0.15, 0.2) is 11.2 Å². The summed E-state index contributed by atoms with van der Waals surface area (Å²) in [5, 5.41) is 8.87. The van der Waals surface area contributed by atoms with Crippen LogP contribution in [0.15, 0.2) is 48.5 Å². The van der Waals surface area contributed by atoms with Crippen molar-refractivity contribution in [3.8, 4) is 5.69 Å². The lowest BCUT2D eigenvalue weighted by Gasteiger charge is -1.93. The first-order valence-electron chi connectivity index (χ1n) is 6.09. The van der Waals surface area contributed by atoms with Gasteiger partial charge in [0.2, 0.25) is 0 Å². The Morgan fingerprint density at radius 1 is 1.11 bits per heavy atom. The molecule has 0 saturated heterocycles. The van der Waals surface area contributed by atoms with Gasteiger partial charge in [-0.25, -0.2) is 0 Å². The van der Waals surface area contributed by atoms with Gasteiger partial charge in [0.25, 0.3) is 5.78 Å². The van der Waals surface area contributed by atoms with Gasteiger partial charge < -0.3 is 0 Å². The second kappa shape index (κ2) is 3.65. The number of para-hydroxylation sites is 1. The fourth-order valence-corrected chi connectivity index (χ4v) is 2.18. The molecule has 2 aromatic carbocycles. The standard InChI is InChI=1S/C14H11N5/c1-10-7-8-13-12(9-10)15-14-16-19(17-18(13)14)11-5-3-2-4-6-11/h2-9H,1H3. The number of imidazole rings is 1. The predicted octanol–water partition coefficient (Wildman–Crippen LogP) is 1.42. The SMILES string of the molecule is Cc1ccc2c(c1)nc1[n-][n+](-c3ccccc3)nn12. The lowest BCUT2D eigenvalue weighted by Crippen LogP contribution is -2.38. The molecular formula is C14H11N5. The van der Waals surface area contributed by atoms with Crippen LogP contribution in [0.5, 0.6) is 0 Å². The van der Waals surface area contributed by atoms with E-state index in [4.69, 9.17) is 0 Å². The lowest BCUT2D eigenvalue weighted by molar-refractivity contribution is -0.721. The first kappa shape index (κ1) is 10.3. The van der Waals surface area contributed by atoms with Crippen molar-refractivity contribution >= 4 is 16.8 Å². The van der Waals surface area contributed by atoms with Crippen molar-refractivity contribution in [1.29, 1.82) is 0 Å². The van der Waals surface area contributed by atoms with Crippen molar-refractivity contribution in [2.24, 2.45) is 0 Å². The highest BCUT2D eigenvalue weighted by Crippen LogP contribution is 2.14. The molecule has 0 unspecified atom stereocenters. The van der Waals surface area contributed by atoms with E-state index in [0.717, 1.165) is 16.7 Å². The van der Waals surface area contributed by atoms with Gasteiger partial charge in [-0.05, 0) is 36.8 Å². The predicted molar refractivity (Wildman–Crippen MR) is 70.1 cm³/mol. The smallest absolute Gasteiger partial charge is 0.266 e. The molecule has 0 aliphatic rings. The molecule has 0 amide bonds. The van der Waals surface area contributed by atoms with Crippen molar-refractivity contribution in [2.75, 3.05) is 0 Å². The van der Waals surface area contributed by atoms with Gasteiger partial charge in [-0.3, -0.25) is 4.98 Å². The zero-order valence-corrected chi connectivity index (χ0v) is 10.4. The molecule has 4 rings (SSSR count). The summed E-state index contributed by atoms with van der Waals surface area (Å²) in [6, 6.07) is 15.9. The second-order valence-corrected chi connectivity index (χ2v) is 4.53. The van der Waals surface area contributed by atoms with Crippen molar-refractivity contribution in [2.45, 2.75) is 6.92 Å². The summed E-state index contributed by atoms with van der Waals surface area (Å²) in [5.74, 6) is 0.615. The Kier molecular flexibility index (Phi) is 1.97. The van der Waals surface area contributed by atoms with E-state index < -0.39 is 0 Å². The first-order valence-corrected chi connectivity index (χ1v) is 6.09. The average Bonchev–Trinajstić information content (AvgIpc) is 2.96. The minimum atomic E-state index is 0.615. The number of benzene rings is 2. The van der Waals surface area contributed by atoms with Crippen LogP contribution < -0.4 is 9.90 Å². The van der Waals surface area contributed by atoms with Crippen LogP contribution in [0.25, 0.3) is 22.5 Å². The second-order valence-electron chi connectivity index (χ2n) is 4.53. The molecule has 0 aliphatic carbocycles. The van der Waals surface area contributed by atoms with Crippen LogP contribution in [0.4, 0.5) is 0 Å². The Morgan fingerprint density at radius 3 is 2.79 bits per heavy atom. The van der Waals surface area contributed by atoms with Crippen LogP contribution in [-0.2, 0) is 0 Å². The van der Waals surface area contributed by atoms with Gasteiger partial charge in [-0.1, -0.05) is 29.1 Å². The third-order valence-electron chi connectivity index (χ3n) is 3.11. The molecule has 5 heteroatoms. The Morgan fingerprint density at radius 2 is 1.95 bits per heavy atom. The highest BCUT2D eigenvalue weighted by molar-refractivity contribution is 5.79. The monoisotopic (exact) mass is 249 g/mol. The largest absolute Gasteiger partial charge is 0.283 e. The number of tetrazole rings is 1. The third-order valence-corrected chi connectivity index (χ3v) is 3.11. The third kappa shape index (κ3) is 1.52. The molecule has 2 aromatic heterocycles. The normalized spacial score (nSPS) is 11.4. The van der Waals surface area contributed by atoms with E-state index in [2.05, 4.69) is 28.3 Å². The van der Waals surface area contributed by atoms with Crippen LogP contribution in [0.1, 0.15) is 5.56 Å². The zero-order valence-electron chi connectivity index (χ0n) is 10.4. The molecule has 0 atom stereocenters. The van der Waals surface area contributed by atoms with Crippen molar-refractivity contribution in [3.05, 3.63) is 54.1 Å². The van der Waals surface area contributed by atoms with Gasteiger partial charge in [-0.2, -0.15) is 0 Å². The number of hydrogen-bond donors (Lipinski definition) is 0. The summed E-state index contributed by atoms with van der Waals surface area (Å²) in [4.78, 5) is 6.09. The number of rotatable bonds is 1. The minimum Gasteiger partial charge on any atom is -0.283 e. The maximum absolute atomic E-state index is 4.49. The Hall–Kier alpha value is -2.69. The molecule has 92 valence electrons. The van der Waals surface area contributed by atoms with E-state index >= 15 is 0 Å². The van der Waals surface area contributed by atoms with Crippen molar-refractivity contribution in [3.63, 3.8) is 0 Å². The zero-order chi connectivity index (χ0) is 12.8. The first-order chi connectivity index (χ1) is 9.31. The molecule has 0 fully saturated rings. The van der Waals surface area contributed by atoms with E-state index in [1.807, 2.05) is 42.5 Å². The fraction of sp³-hybridized carbons (Fsp3) is 0.0714. The molecule has 0 radical (unpaired) electrons. The van der Waals surface area contributed by atoms with Gasteiger partial charge in [0.1, 0.15) is 0 Å². The number of nitrogens with zero attached hydrogens (tertiary/aromatic N) is 5. The van der Waals surface area contributed by atoms with E-state index in [0.29, 0.717) is 5.78 Å². The number of aromatic nitrogens is 5. The van der Waals surface area contributed by atoms with E-state index in [1.165, 1.54) is 5.56 Å². The Labute approximate surface area is 109 Å². The molecule has 2 heterocycles. The van der Waals surface area contributed by atoms with Crippen molar-refractivity contribution in [1.82, 2.24) is 19.8 Å². The minimum absolute atomic E-state index is 0.615. The highest BCUT2D eigenvalue weighted by Gasteiger charge is 2.12. The number of fused-ring (bicyclic) bond motifs is 3.